The van der Waals surface area contributed by atoms with Crippen molar-refractivity contribution in [2.45, 2.75) is 63.8 Å². The van der Waals surface area contributed by atoms with Gasteiger partial charge in [0.15, 0.2) is 5.78 Å². The molecule has 1 aliphatic rings. The topological polar surface area (TPSA) is 110 Å². The van der Waals surface area contributed by atoms with Crippen molar-refractivity contribution in [2.75, 3.05) is 7.11 Å². The summed E-state index contributed by atoms with van der Waals surface area (Å²) >= 11 is 0. The third kappa shape index (κ3) is 7.34. The third-order valence-electron chi connectivity index (χ3n) is 5.55. The summed E-state index contributed by atoms with van der Waals surface area (Å²) in [6.45, 7) is 2.31. The molecule has 1 aromatic heterocycles. The molecule has 0 saturated heterocycles. The van der Waals surface area contributed by atoms with Crippen LogP contribution in [0.5, 0.6) is 17.4 Å². The molecule has 9 nitrogen and oxygen atoms in total. The fourth-order valence-electron chi connectivity index (χ4n) is 3.54. The number of pyridine rings is 1. The Labute approximate surface area is 210 Å². The van der Waals surface area contributed by atoms with Crippen molar-refractivity contribution >= 4 is 17.7 Å². The number of rotatable bonds is 8. The largest absolute Gasteiger partial charge is 0.497 e. The van der Waals surface area contributed by atoms with Crippen molar-refractivity contribution in [2.24, 2.45) is 0 Å². The lowest BCUT2D eigenvalue weighted by molar-refractivity contribution is -0.291. The van der Waals surface area contributed by atoms with Crippen LogP contribution in [0.15, 0.2) is 36.5 Å². The van der Waals surface area contributed by atoms with Gasteiger partial charge in [0.2, 0.25) is 11.5 Å². The highest BCUT2D eigenvalue weighted by Gasteiger charge is 2.44. The Morgan fingerprint density at radius 3 is 2.22 bits per heavy atom. The standard InChI is InChI=1S/C25H26F3NO8/c1-24(2,22(31)36-37-23(32)25(26,27)28)35-19-13-17(33-3)10-11-18(19)21(30)15-9-12-20(29-14-15)34-16-7-5-4-6-8-16/h9-14,16H,4-8H2,1-3H3. The van der Waals surface area contributed by atoms with Crippen molar-refractivity contribution in [1.29, 1.82) is 0 Å². The summed E-state index contributed by atoms with van der Waals surface area (Å²) in [4.78, 5) is 48.1. The second-order valence-electron chi connectivity index (χ2n) is 8.81. The molecule has 0 unspecified atom stereocenters. The van der Waals surface area contributed by atoms with Crippen molar-refractivity contribution in [3.63, 3.8) is 0 Å². The zero-order valence-electron chi connectivity index (χ0n) is 20.4. The molecule has 1 fully saturated rings. The van der Waals surface area contributed by atoms with Gasteiger partial charge < -0.3 is 14.2 Å². The molecule has 1 heterocycles. The van der Waals surface area contributed by atoms with E-state index in [4.69, 9.17) is 14.2 Å². The monoisotopic (exact) mass is 525 g/mol. The Bertz CT molecular complexity index is 1130. The number of ether oxygens (including phenoxy) is 3. The number of carbonyl (C=O) groups excluding carboxylic acids is 3. The minimum absolute atomic E-state index is 0.0108. The molecular weight excluding hydrogens is 499 g/mol. The highest BCUT2D eigenvalue weighted by Crippen LogP contribution is 2.31. The number of ketones is 1. The van der Waals surface area contributed by atoms with Crippen molar-refractivity contribution in [3.05, 3.63) is 47.7 Å². The fourth-order valence-corrected chi connectivity index (χ4v) is 3.54. The van der Waals surface area contributed by atoms with E-state index in [0.717, 1.165) is 39.5 Å². The molecule has 0 amide bonds. The summed E-state index contributed by atoms with van der Waals surface area (Å²) in [5.41, 5.74) is -1.76. The number of carbonyl (C=O) groups is 3. The molecule has 0 N–H and O–H groups in total. The average Bonchev–Trinajstić information content (AvgIpc) is 2.86. The highest BCUT2D eigenvalue weighted by molar-refractivity contribution is 6.10. The molecule has 12 heteroatoms. The first-order valence-electron chi connectivity index (χ1n) is 11.5. The van der Waals surface area contributed by atoms with Gasteiger partial charge in [0.1, 0.15) is 17.6 Å². The van der Waals surface area contributed by atoms with E-state index < -0.39 is 29.5 Å². The number of halogens is 3. The van der Waals surface area contributed by atoms with Crippen molar-refractivity contribution < 1.29 is 51.5 Å². The SMILES string of the molecule is COc1ccc(C(=O)c2ccc(OC3CCCCC3)nc2)c(OC(C)(C)C(=O)OOC(=O)C(F)(F)F)c1. The summed E-state index contributed by atoms with van der Waals surface area (Å²) in [6, 6.07) is 7.33. The third-order valence-corrected chi connectivity index (χ3v) is 5.55. The molecular formula is C25H26F3NO8. The van der Waals surface area contributed by atoms with Gasteiger partial charge in [-0.05, 0) is 57.7 Å². The van der Waals surface area contributed by atoms with Crippen LogP contribution < -0.4 is 14.2 Å². The van der Waals surface area contributed by atoms with E-state index in [9.17, 15) is 27.6 Å². The lowest BCUT2D eigenvalue weighted by atomic mass is 9.98. The number of alkyl halides is 3. The molecule has 0 bridgehead atoms. The van der Waals surface area contributed by atoms with Crippen LogP contribution in [0.1, 0.15) is 61.9 Å². The molecule has 1 aromatic carbocycles. The van der Waals surface area contributed by atoms with E-state index in [0.29, 0.717) is 5.88 Å². The van der Waals surface area contributed by atoms with E-state index in [2.05, 4.69) is 14.8 Å². The van der Waals surface area contributed by atoms with Gasteiger partial charge in [0, 0.05) is 23.9 Å². The maximum Gasteiger partial charge on any atom is 0.495 e. The van der Waals surface area contributed by atoms with Gasteiger partial charge in [-0.25, -0.2) is 24.3 Å². The summed E-state index contributed by atoms with van der Waals surface area (Å²) in [5.74, 6) is -4.13. The summed E-state index contributed by atoms with van der Waals surface area (Å²) < 4.78 is 53.6. The number of aromatic nitrogens is 1. The lowest BCUT2D eigenvalue weighted by Crippen LogP contribution is -2.41. The van der Waals surface area contributed by atoms with Gasteiger partial charge in [0.05, 0.1) is 12.7 Å². The van der Waals surface area contributed by atoms with E-state index in [-0.39, 0.29) is 28.7 Å². The number of methoxy groups -OCH3 is 1. The zero-order valence-corrected chi connectivity index (χ0v) is 20.4. The van der Waals surface area contributed by atoms with Crippen molar-refractivity contribution in [3.8, 4) is 17.4 Å². The van der Waals surface area contributed by atoms with E-state index in [1.165, 1.54) is 44.0 Å². The molecule has 0 radical (unpaired) electrons. The number of hydrogen-bond acceptors (Lipinski definition) is 9. The predicted molar refractivity (Wildman–Crippen MR) is 121 cm³/mol. The van der Waals surface area contributed by atoms with E-state index in [1.54, 1.807) is 6.07 Å². The molecule has 2 aromatic rings. The van der Waals surface area contributed by atoms with Gasteiger partial charge in [0.25, 0.3) is 0 Å². The van der Waals surface area contributed by atoms with Gasteiger partial charge in [-0.1, -0.05) is 6.42 Å². The maximum atomic E-state index is 13.2. The van der Waals surface area contributed by atoms with Crippen LogP contribution >= 0.6 is 0 Å². The molecule has 1 saturated carbocycles. The van der Waals surface area contributed by atoms with Gasteiger partial charge >= 0.3 is 18.1 Å². The molecule has 1 aliphatic carbocycles. The highest BCUT2D eigenvalue weighted by atomic mass is 19.4. The zero-order chi connectivity index (χ0) is 27.2. The Balaban J connectivity index is 1.77. The predicted octanol–water partition coefficient (Wildman–Crippen LogP) is 4.75. The number of hydrogen-bond donors (Lipinski definition) is 0. The second kappa shape index (κ2) is 11.5. The fraction of sp³-hybridized carbons (Fsp3) is 0.440. The maximum absolute atomic E-state index is 13.2. The van der Waals surface area contributed by atoms with Crippen LogP contribution in [0.3, 0.4) is 0 Å². The van der Waals surface area contributed by atoms with E-state index >= 15 is 0 Å². The summed E-state index contributed by atoms with van der Waals surface area (Å²) in [5, 5.41) is 0. The first-order chi connectivity index (χ1) is 17.4. The Morgan fingerprint density at radius 1 is 0.946 bits per heavy atom. The van der Waals surface area contributed by atoms with Crippen LogP contribution in [0.2, 0.25) is 0 Å². The van der Waals surface area contributed by atoms with E-state index in [1.807, 2.05) is 0 Å². The van der Waals surface area contributed by atoms with Gasteiger partial charge in [-0.2, -0.15) is 13.2 Å². The Hall–Kier alpha value is -3.83. The van der Waals surface area contributed by atoms with Crippen LogP contribution in [0.4, 0.5) is 13.2 Å². The average molecular weight is 525 g/mol. The molecule has 0 atom stereocenters. The molecule has 200 valence electrons. The summed E-state index contributed by atoms with van der Waals surface area (Å²) in [6.07, 6.45) is 1.34. The normalized spacial score (nSPS) is 14.4. The Kier molecular flexibility index (Phi) is 8.61. The first kappa shape index (κ1) is 27.8. The minimum atomic E-state index is -5.36. The Morgan fingerprint density at radius 2 is 1.62 bits per heavy atom. The number of benzene rings is 1. The first-order valence-corrected chi connectivity index (χ1v) is 11.5. The van der Waals surface area contributed by atoms with Crippen LogP contribution in [0.25, 0.3) is 0 Å². The van der Waals surface area contributed by atoms with Crippen LogP contribution in [0, 0.1) is 0 Å². The molecule has 3 rings (SSSR count). The summed E-state index contributed by atoms with van der Waals surface area (Å²) in [7, 11) is 1.37. The molecule has 37 heavy (non-hydrogen) atoms. The van der Waals surface area contributed by atoms with Gasteiger partial charge in [-0.3, -0.25) is 4.79 Å². The number of nitrogens with zero attached hydrogens (tertiary/aromatic N) is 1. The van der Waals surface area contributed by atoms with Crippen molar-refractivity contribution in [1.82, 2.24) is 4.98 Å². The lowest BCUT2D eigenvalue weighted by Gasteiger charge is -2.24. The van der Waals surface area contributed by atoms with Gasteiger partial charge in [-0.15, -0.1) is 0 Å². The quantitative estimate of drug-likeness (QED) is 0.274. The molecule has 0 spiro atoms. The smallest absolute Gasteiger partial charge is 0.495 e. The second-order valence-corrected chi connectivity index (χ2v) is 8.81. The van der Waals surface area contributed by atoms with Crippen LogP contribution in [-0.4, -0.2) is 47.7 Å². The molecule has 0 aliphatic heterocycles. The van der Waals surface area contributed by atoms with Crippen LogP contribution in [-0.2, 0) is 19.4 Å². The minimum Gasteiger partial charge on any atom is -0.497 e.